The Balaban J connectivity index is 1.14. The molecule has 0 fully saturated rings. The lowest BCUT2D eigenvalue weighted by atomic mass is 9.76. The minimum Gasteiger partial charge on any atom is -0.458 e. The quantitative estimate of drug-likeness (QED) is 0.0956. The Hall–Kier alpha value is -8.28. The Morgan fingerprint density at radius 3 is 1.64 bits per heavy atom. The zero-order valence-corrected chi connectivity index (χ0v) is 45.0. The van der Waals surface area contributed by atoms with Crippen LogP contribution in [0.1, 0.15) is 103 Å². The fourth-order valence-electron chi connectivity index (χ4n) is 10.7. The van der Waals surface area contributed by atoms with Gasteiger partial charge in [0.15, 0.2) is 0 Å². The van der Waals surface area contributed by atoms with Crippen LogP contribution in [-0.2, 0) is 21.7 Å². The van der Waals surface area contributed by atoms with Crippen molar-refractivity contribution in [2.75, 3.05) is 0 Å². The van der Waals surface area contributed by atoms with Crippen LogP contribution in [0.25, 0.3) is 61.3 Å². The van der Waals surface area contributed by atoms with Gasteiger partial charge >= 0.3 is 0 Å². The van der Waals surface area contributed by atoms with Crippen LogP contribution in [0.3, 0.4) is 0 Å². The molecule has 0 N–H and O–H groups in total. The van der Waals surface area contributed by atoms with Crippen molar-refractivity contribution >= 4 is 21.8 Å². The Kier molecular flexibility index (Phi) is 12.3. The molecular weight excluding hydrogens is 913 g/mol. The largest absolute Gasteiger partial charge is 0.458 e. The van der Waals surface area contributed by atoms with Crippen molar-refractivity contribution in [3.63, 3.8) is 0 Å². The van der Waals surface area contributed by atoms with Crippen LogP contribution < -0.4 is 9.30 Å². The van der Waals surface area contributed by atoms with E-state index < -0.39 is 10.8 Å². The van der Waals surface area contributed by atoms with Crippen LogP contribution in [0, 0.1) is 6.33 Å². The highest BCUT2D eigenvalue weighted by atomic mass is 16.5. The van der Waals surface area contributed by atoms with Crippen molar-refractivity contribution < 1.29 is 9.30 Å². The molecule has 5 heteroatoms. The van der Waals surface area contributed by atoms with E-state index >= 15 is 0 Å². The third kappa shape index (κ3) is 9.37. The number of hydrogen-bond donors (Lipinski definition) is 0. The SMILES string of the molecule is CC(C)(C)c1cc(-c2ccccc2)cc(-[n+]2[c-]n(-c3cc(Oc4cc(C(C)(C)c5ccccc5)c5c6ccccc6n(-c6cc(C(C)(C)C)ccn6)c5c4)cc(-c4ccccc4)c3)cc2C(C)(C)c2ccccc2)c1. The second-order valence-electron chi connectivity index (χ2n) is 23.2. The standard InChI is InChI=1S/C70H66N4O/c1-67(2,3)54-35-36-71-65(42-54)74-62-34-24-23-33-60(62)66-61(69(7,8)52-29-19-13-20-30-52)44-59(45-63(66)74)75-58-40-51(49-27-17-12-18-28-49)38-56(43-58)72-46-64(70(9,10)53-31-21-14-22-32-53)73(47-72)57-39-50(48-25-15-11-16-26-48)37-55(41-57)68(4,5)6/h11-46H,1-10H3. The van der Waals surface area contributed by atoms with Crippen LogP contribution >= 0.6 is 0 Å². The number of hydrogen-bond acceptors (Lipinski definition) is 2. The third-order valence-corrected chi connectivity index (χ3v) is 15.3. The van der Waals surface area contributed by atoms with Gasteiger partial charge in [0.2, 0.25) is 0 Å². The number of imidazole rings is 1. The van der Waals surface area contributed by atoms with Gasteiger partial charge in [0.05, 0.1) is 28.1 Å². The second kappa shape index (κ2) is 18.9. The van der Waals surface area contributed by atoms with Crippen molar-refractivity contribution in [2.24, 2.45) is 0 Å². The molecule has 0 atom stereocenters. The van der Waals surface area contributed by atoms with Crippen LogP contribution in [-0.4, -0.2) is 14.1 Å². The number of para-hydroxylation sites is 1. The Bertz CT molecular complexity index is 3850. The van der Waals surface area contributed by atoms with E-state index in [4.69, 9.17) is 9.72 Å². The maximum Gasteiger partial charge on any atom is 0.269 e. The second-order valence-corrected chi connectivity index (χ2v) is 23.2. The molecule has 0 unspecified atom stereocenters. The topological polar surface area (TPSA) is 35.9 Å². The van der Waals surface area contributed by atoms with E-state index in [-0.39, 0.29) is 10.8 Å². The molecule has 11 aromatic rings. The zero-order chi connectivity index (χ0) is 52.3. The number of fused-ring (bicyclic) bond motifs is 3. The summed E-state index contributed by atoms with van der Waals surface area (Å²) in [4.78, 5) is 5.07. The molecule has 5 nitrogen and oxygen atoms in total. The Morgan fingerprint density at radius 2 is 1.01 bits per heavy atom. The normalized spacial score (nSPS) is 12.4. The highest BCUT2D eigenvalue weighted by Crippen LogP contribution is 2.45. The molecule has 0 radical (unpaired) electrons. The Labute approximate surface area is 443 Å². The van der Waals surface area contributed by atoms with E-state index in [1.54, 1.807) is 0 Å². The van der Waals surface area contributed by atoms with Gasteiger partial charge in [0, 0.05) is 40.1 Å². The van der Waals surface area contributed by atoms with E-state index in [0.717, 1.165) is 50.8 Å². The number of rotatable bonds is 11. The van der Waals surface area contributed by atoms with E-state index in [1.165, 1.54) is 49.7 Å². The monoisotopic (exact) mass is 979 g/mol. The number of pyridine rings is 1. The zero-order valence-electron chi connectivity index (χ0n) is 45.0. The smallest absolute Gasteiger partial charge is 0.269 e. The molecule has 0 aliphatic rings. The predicted octanol–water partition coefficient (Wildman–Crippen LogP) is 17.4. The molecule has 0 bridgehead atoms. The molecule has 0 saturated carbocycles. The molecule has 3 heterocycles. The average molecular weight is 979 g/mol. The lowest BCUT2D eigenvalue weighted by Crippen LogP contribution is -2.40. The summed E-state index contributed by atoms with van der Waals surface area (Å²) < 4.78 is 14.1. The molecule has 0 amide bonds. The van der Waals surface area contributed by atoms with Gasteiger partial charge in [-0.25, -0.2) is 4.98 Å². The van der Waals surface area contributed by atoms with Crippen LogP contribution in [0.2, 0.25) is 0 Å². The molecule has 3 aromatic heterocycles. The molecular formula is C70H66N4O. The molecule has 75 heavy (non-hydrogen) atoms. The van der Waals surface area contributed by atoms with Crippen LogP contribution in [0.15, 0.2) is 219 Å². The fourth-order valence-corrected chi connectivity index (χ4v) is 10.7. The molecule has 0 aliphatic carbocycles. The molecule has 8 aromatic carbocycles. The molecule has 0 spiro atoms. The summed E-state index contributed by atoms with van der Waals surface area (Å²) in [6.07, 6.45) is 8.12. The first-order chi connectivity index (χ1) is 35.9. The highest BCUT2D eigenvalue weighted by Gasteiger charge is 2.32. The first kappa shape index (κ1) is 49.0. The molecule has 0 saturated heterocycles. The lowest BCUT2D eigenvalue weighted by molar-refractivity contribution is -0.611. The van der Waals surface area contributed by atoms with Gasteiger partial charge in [0.25, 0.3) is 6.33 Å². The summed E-state index contributed by atoms with van der Waals surface area (Å²) in [5, 5.41) is 2.35. The van der Waals surface area contributed by atoms with Gasteiger partial charge in [-0.15, -0.1) is 0 Å². The van der Waals surface area contributed by atoms with Gasteiger partial charge in [0.1, 0.15) is 17.3 Å². The number of ether oxygens (including phenoxy) is 1. The van der Waals surface area contributed by atoms with E-state index in [1.807, 2.05) is 6.20 Å². The summed E-state index contributed by atoms with van der Waals surface area (Å²) in [5.41, 5.74) is 14.7. The molecule has 372 valence electrons. The van der Waals surface area contributed by atoms with E-state index in [0.29, 0.717) is 5.75 Å². The van der Waals surface area contributed by atoms with Crippen molar-refractivity contribution in [1.29, 1.82) is 0 Å². The summed E-state index contributed by atoms with van der Waals surface area (Å²) >= 11 is 0. The predicted molar refractivity (Wildman–Crippen MR) is 310 cm³/mol. The van der Waals surface area contributed by atoms with Crippen molar-refractivity contribution in [3.8, 4) is 50.9 Å². The number of benzene rings is 8. The van der Waals surface area contributed by atoms with E-state index in [9.17, 15) is 0 Å². The maximum absolute atomic E-state index is 7.36. The minimum absolute atomic E-state index is 0.0668. The van der Waals surface area contributed by atoms with Crippen molar-refractivity contribution in [1.82, 2.24) is 14.1 Å². The summed E-state index contributed by atoms with van der Waals surface area (Å²) in [7, 11) is 0. The first-order valence-corrected chi connectivity index (χ1v) is 26.3. The van der Waals surface area contributed by atoms with Crippen molar-refractivity contribution in [2.45, 2.75) is 90.9 Å². The Morgan fingerprint density at radius 1 is 0.453 bits per heavy atom. The fraction of sp³-hybridized carbons (Fsp3) is 0.200. The molecule has 11 rings (SSSR count). The average Bonchev–Trinajstić information content (AvgIpc) is 4.08. The van der Waals surface area contributed by atoms with Gasteiger partial charge in [-0.05, 0) is 115 Å². The summed E-state index contributed by atoms with van der Waals surface area (Å²) in [6.45, 7) is 22.9. The number of aromatic nitrogens is 4. The summed E-state index contributed by atoms with van der Waals surface area (Å²) in [6, 6.07) is 74.1. The van der Waals surface area contributed by atoms with Crippen molar-refractivity contribution in [3.05, 3.63) is 258 Å². The first-order valence-electron chi connectivity index (χ1n) is 26.3. The third-order valence-electron chi connectivity index (χ3n) is 15.3. The van der Waals surface area contributed by atoms with E-state index in [2.05, 4.69) is 302 Å². The van der Waals surface area contributed by atoms with Gasteiger partial charge in [-0.1, -0.05) is 215 Å². The van der Waals surface area contributed by atoms with Gasteiger partial charge in [-0.2, -0.15) is 0 Å². The van der Waals surface area contributed by atoms with Crippen LogP contribution in [0.5, 0.6) is 11.5 Å². The van der Waals surface area contributed by atoms with Gasteiger partial charge in [-0.3, -0.25) is 13.7 Å². The lowest BCUT2D eigenvalue weighted by Gasteiger charge is -2.28. The summed E-state index contributed by atoms with van der Waals surface area (Å²) in [5.74, 6) is 2.32. The minimum atomic E-state index is -0.416. The van der Waals surface area contributed by atoms with Crippen LogP contribution in [0.4, 0.5) is 0 Å². The number of nitrogens with zero attached hydrogens (tertiary/aromatic N) is 4. The maximum atomic E-state index is 7.36. The van der Waals surface area contributed by atoms with Gasteiger partial charge < -0.3 is 4.74 Å². The molecule has 0 aliphatic heterocycles. The highest BCUT2D eigenvalue weighted by molar-refractivity contribution is 6.11.